The Hall–Kier alpha value is -0.810. The second-order valence-electron chi connectivity index (χ2n) is 4.98. The summed E-state index contributed by atoms with van der Waals surface area (Å²) >= 11 is 0. The second kappa shape index (κ2) is 6.21. The van der Waals surface area contributed by atoms with Gasteiger partial charge in [0.25, 0.3) is 0 Å². The first-order valence-electron chi connectivity index (χ1n) is 6.85. The van der Waals surface area contributed by atoms with E-state index in [4.69, 9.17) is 5.84 Å². The maximum absolute atomic E-state index is 5.59. The fraction of sp³-hybridized carbons (Fsp3) is 0.917. The number of hydrazine groups is 1. The van der Waals surface area contributed by atoms with Crippen LogP contribution in [-0.2, 0) is 0 Å². The summed E-state index contributed by atoms with van der Waals surface area (Å²) in [6.45, 7) is 7.61. The molecule has 0 aromatic carbocycles. The summed E-state index contributed by atoms with van der Waals surface area (Å²) in [6.07, 6.45) is 4.98. The number of hydrogen-bond donors (Lipinski definition) is 2. The van der Waals surface area contributed by atoms with Crippen LogP contribution in [0.3, 0.4) is 0 Å². The minimum atomic E-state index is 0.716. The molecule has 0 aromatic rings. The molecule has 98 valence electrons. The number of guanidine groups is 1. The Bertz CT molecular complexity index is 266. The highest BCUT2D eigenvalue weighted by Crippen LogP contribution is 2.21. The number of hydrogen-bond acceptors (Lipinski definition) is 3. The summed E-state index contributed by atoms with van der Waals surface area (Å²) in [6, 6.07) is 0.716. The van der Waals surface area contributed by atoms with Gasteiger partial charge in [0.05, 0.1) is 0 Å². The molecule has 0 saturated carbocycles. The Morgan fingerprint density at radius 1 is 1.41 bits per heavy atom. The molecule has 2 aliphatic rings. The van der Waals surface area contributed by atoms with Crippen molar-refractivity contribution in [3.05, 3.63) is 0 Å². The van der Waals surface area contributed by atoms with Crippen molar-refractivity contribution in [3.63, 3.8) is 0 Å². The molecule has 3 N–H and O–H groups in total. The fourth-order valence-electron chi connectivity index (χ4n) is 2.76. The van der Waals surface area contributed by atoms with Crippen molar-refractivity contribution in [3.8, 4) is 0 Å². The van der Waals surface area contributed by atoms with Crippen LogP contribution in [-0.4, -0.2) is 54.5 Å². The molecule has 2 aliphatic heterocycles. The Balaban J connectivity index is 1.89. The molecule has 0 amide bonds. The summed E-state index contributed by atoms with van der Waals surface area (Å²) in [7, 11) is 0. The molecule has 0 spiro atoms. The van der Waals surface area contributed by atoms with E-state index in [9.17, 15) is 0 Å². The smallest absolute Gasteiger partial charge is 0.208 e. The van der Waals surface area contributed by atoms with E-state index < -0.39 is 0 Å². The van der Waals surface area contributed by atoms with E-state index in [1.54, 1.807) is 0 Å². The number of rotatable bonds is 3. The molecule has 5 heteroatoms. The molecule has 0 bridgehead atoms. The van der Waals surface area contributed by atoms with E-state index in [1.807, 2.05) is 0 Å². The summed E-state index contributed by atoms with van der Waals surface area (Å²) in [5, 5.41) is 0. The average molecular weight is 239 g/mol. The van der Waals surface area contributed by atoms with Gasteiger partial charge in [0.1, 0.15) is 0 Å². The summed E-state index contributed by atoms with van der Waals surface area (Å²) in [5.41, 5.74) is 2.77. The number of piperazine rings is 1. The molecule has 2 rings (SSSR count). The van der Waals surface area contributed by atoms with Gasteiger partial charge in [-0.05, 0) is 25.8 Å². The first-order chi connectivity index (χ1) is 8.35. The van der Waals surface area contributed by atoms with E-state index in [0.717, 1.165) is 38.6 Å². The molecule has 2 saturated heterocycles. The number of nitrogens with one attached hydrogen (secondary N) is 1. The lowest BCUT2D eigenvalue weighted by Crippen LogP contribution is -2.56. The van der Waals surface area contributed by atoms with Gasteiger partial charge in [-0.1, -0.05) is 13.3 Å². The number of nitrogens with two attached hydrogens (primary N) is 1. The van der Waals surface area contributed by atoms with Gasteiger partial charge in [-0.2, -0.15) is 0 Å². The van der Waals surface area contributed by atoms with Crippen molar-refractivity contribution < 1.29 is 0 Å². The maximum atomic E-state index is 5.59. The number of nitrogens with zero attached hydrogens (tertiary/aromatic N) is 3. The lowest BCUT2D eigenvalue weighted by molar-refractivity contribution is 0.149. The summed E-state index contributed by atoms with van der Waals surface area (Å²) in [4.78, 5) is 9.46. The monoisotopic (exact) mass is 239 g/mol. The molecule has 0 radical (unpaired) electrons. The van der Waals surface area contributed by atoms with Gasteiger partial charge >= 0.3 is 0 Å². The Morgan fingerprint density at radius 3 is 3.06 bits per heavy atom. The van der Waals surface area contributed by atoms with E-state index >= 15 is 0 Å². The standard InChI is InChI=1S/C12H25N5/c1-2-3-6-14-12(15-13)17-9-8-16-7-4-5-11(16)10-17/h11H,2-10,13H2,1H3,(H,14,15). The van der Waals surface area contributed by atoms with Gasteiger partial charge in [-0.15, -0.1) is 0 Å². The Labute approximate surface area is 104 Å². The van der Waals surface area contributed by atoms with Crippen molar-refractivity contribution in [2.24, 2.45) is 10.8 Å². The van der Waals surface area contributed by atoms with Crippen LogP contribution in [0.5, 0.6) is 0 Å². The predicted molar refractivity (Wildman–Crippen MR) is 70.7 cm³/mol. The first kappa shape index (κ1) is 12.6. The Kier molecular flexibility index (Phi) is 4.62. The molecule has 2 heterocycles. The topological polar surface area (TPSA) is 56.9 Å². The van der Waals surface area contributed by atoms with Crippen LogP contribution in [0, 0.1) is 0 Å². The largest absolute Gasteiger partial charge is 0.339 e. The Morgan fingerprint density at radius 2 is 2.29 bits per heavy atom. The normalized spacial score (nSPS) is 26.1. The average Bonchev–Trinajstić information content (AvgIpc) is 2.82. The molecular formula is C12H25N5. The lowest BCUT2D eigenvalue weighted by Gasteiger charge is -2.38. The third-order valence-electron chi connectivity index (χ3n) is 3.79. The molecule has 1 atom stereocenters. The highest BCUT2D eigenvalue weighted by Gasteiger charge is 2.31. The van der Waals surface area contributed by atoms with Gasteiger partial charge < -0.3 is 4.90 Å². The molecule has 0 aliphatic carbocycles. The van der Waals surface area contributed by atoms with Crippen LogP contribution in [0.4, 0.5) is 0 Å². The zero-order chi connectivity index (χ0) is 12.1. The van der Waals surface area contributed by atoms with E-state index in [2.05, 4.69) is 27.1 Å². The van der Waals surface area contributed by atoms with Crippen LogP contribution < -0.4 is 11.3 Å². The van der Waals surface area contributed by atoms with Gasteiger partial charge in [-0.25, -0.2) is 5.84 Å². The van der Waals surface area contributed by atoms with Gasteiger partial charge in [0, 0.05) is 32.2 Å². The summed E-state index contributed by atoms with van der Waals surface area (Å²) < 4.78 is 0. The maximum Gasteiger partial charge on any atom is 0.208 e. The van der Waals surface area contributed by atoms with Crippen molar-refractivity contribution in [2.45, 2.75) is 38.6 Å². The lowest BCUT2D eigenvalue weighted by atomic mass is 10.1. The first-order valence-corrected chi connectivity index (χ1v) is 6.85. The SMILES string of the molecule is CCCCN=C(NN)N1CCN2CCCC2C1. The molecule has 1 unspecified atom stereocenters. The predicted octanol–water partition coefficient (Wildman–Crippen LogP) is 0.386. The quantitative estimate of drug-likeness (QED) is 0.246. The minimum Gasteiger partial charge on any atom is -0.339 e. The zero-order valence-corrected chi connectivity index (χ0v) is 10.9. The number of fused-ring (bicyclic) bond motifs is 1. The fourth-order valence-corrected chi connectivity index (χ4v) is 2.76. The minimum absolute atomic E-state index is 0.716. The van der Waals surface area contributed by atoms with E-state index in [0.29, 0.717) is 6.04 Å². The van der Waals surface area contributed by atoms with Crippen molar-refractivity contribution in [1.29, 1.82) is 0 Å². The van der Waals surface area contributed by atoms with Gasteiger partial charge in [-0.3, -0.25) is 15.3 Å². The van der Waals surface area contributed by atoms with Crippen molar-refractivity contribution in [1.82, 2.24) is 15.2 Å². The molecular weight excluding hydrogens is 214 g/mol. The third kappa shape index (κ3) is 3.10. The van der Waals surface area contributed by atoms with Crippen LogP contribution in [0.25, 0.3) is 0 Å². The number of unbranched alkanes of at least 4 members (excludes halogenated alkanes) is 1. The van der Waals surface area contributed by atoms with E-state index in [1.165, 1.54) is 25.8 Å². The number of aliphatic imine (C=N–C) groups is 1. The molecule has 0 aromatic heterocycles. The van der Waals surface area contributed by atoms with Crippen LogP contribution >= 0.6 is 0 Å². The molecule has 2 fully saturated rings. The molecule has 5 nitrogen and oxygen atoms in total. The van der Waals surface area contributed by atoms with Crippen molar-refractivity contribution >= 4 is 5.96 Å². The highest BCUT2D eigenvalue weighted by atomic mass is 15.4. The van der Waals surface area contributed by atoms with Crippen LogP contribution in [0.15, 0.2) is 4.99 Å². The van der Waals surface area contributed by atoms with Crippen LogP contribution in [0.1, 0.15) is 32.6 Å². The second-order valence-corrected chi connectivity index (χ2v) is 4.98. The zero-order valence-electron chi connectivity index (χ0n) is 10.9. The third-order valence-corrected chi connectivity index (χ3v) is 3.79. The van der Waals surface area contributed by atoms with Crippen LogP contribution in [0.2, 0.25) is 0 Å². The van der Waals surface area contributed by atoms with Gasteiger partial charge in [0.15, 0.2) is 0 Å². The van der Waals surface area contributed by atoms with Gasteiger partial charge in [0.2, 0.25) is 5.96 Å². The highest BCUT2D eigenvalue weighted by molar-refractivity contribution is 5.79. The van der Waals surface area contributed by atoms with Crippen molar-refractivity contribution in [2.75, 3.05) is 32.7 Å². The van der Waals surface area contributed by atoms with E-state index in [-0.39, 0.29) is 0 Å². The summed E-state index contributed by atoms with van der Waals surface area (Å²) in [5.74, 6) is 6.47. The molecule has 17 heavy (non-hydrogen) atoms.